The Kier molecular flexibility index (Phi) is 19.1. The second kappa shape index (κ2) is 24.2. The van der Waals surface area contributed by atoms with Gasteiger partial charge in [-0.3, -0.25) is 0 Å². The molecule has 4 aliphatic rings. The maximum Gasteiger partial charge on any atom is 0.410 e. The Morgan fingerprint density at radius 3 is 1.49 bits per heavy atom. The first-order chi connectivity index (χ1) is 32.2. The smallest absolute Gasteiger partial charge is 0.410 e. The molecular formula is C54H76N4O10. The van der Waals surface area contributed by atoms with Crippen LogP contribution in [0.3, 0.4) is 0 Å². The van der Waals surface area contributed by atoms with E-state index in [4.69, 9.17) is 23.7 Å². The van der Waals surface area contributed by atoms with Gasteiger partial charge in [0.1, 0.15) is 11.2 Å². The number of rotatable bonds is 7. The number of carboxylic acid groups (broad SMARTS) is 1. The van der Waals surface area contributed by atoms with Gasteiger partial charge in [0, 0.05) is 113 Å². The molecule has 4 aliphatic heterocycles. The third kappa shape index (κ3) is 15.3. The number of carboxylic acids is 1. The van der Waals surface area contributed by atoms with Gasteiger partial charge in [0.25, 0.3) is 0 Å². The summed E-state index contributed by atoms with van der Waals surface area (Å²) in [6, 6.07) is 8.30. The average molecular weight is 941 g/mol. The van der Waals surface area contributed by atoms with Crippen LogP contribution in [0.25, 0.3) is 0 Å². The molecule has 14 heteroatoms. The quantitative estimate of drug-likeness (QED) is 0.160. The minimum atomic E-state index is -0.934. The summed E-state index contributed by atoms with van der Waals surface area (Å²) < 4.78 is 27.0. The minimum Gasteiger partial charge on any atom is -0.478 e. The maximum atomic E-state index is 12.5. The lowest BCUT2D eigenvalue weighted by Gasteiger charge is -2.36. The van der Waals surface area contributed by atoms with E-state index in [2.05, 4.69) is 53.5 Å². The van der Waals surface area contributed by atoms with Crippen LogP contribution in [0.4, 0.5) is 21.0 Å². The van der Waals surface area contributed by atoms with Crippen molar-refractivity contribution < 1.29 is 48.0 Å². The molecule has 2 amide bonds. The zero-order valence-electron chi connectivity index (χ0n) is 42.5. The Morgan fingerprint density at radius 2 is 1.07 bits per heavy atom. The van der Waals surface area contributed by atoms with Gasteiger partial charge in [-0.05, 0) is 149 Å². The summed E-state index contributed by atoms with van der Waals surface area (Å²) in [5.41, 5.74) is 4.98. The van der Waals surface area contributed by atoms with Gasteiger partial charge in [0.2, 0.25) is 0 Å². The highest BCUT2D eigenvalue weighted by Gasteiger charge is 2.29. The van der Waals surface area contributed by atoms with Crippen LogP contribution in [-0.2, 0) is 23.7 Å². The third-order valence-corrected chi connectivity index (χ3v) is 12.9. The molecule has 4 fully saturated rings. The van der Waals surface area contributed by atoms with Crippen molar-refractivity contribution in [2.75, 3.05) is 83.1 Å². The van der Waals surface area contributed by atoms with Crippen molar-refractivity contribution in [2.24, 2.45) is 11.8 Å². The molecule has 0 aliphatic carbocycles. The highest BCUT2D eigenvalue weighted by Crippen LogP contribution is 2.32. The Bertz CT molecular complexity index is 2130. The highest BCUT2D eigenvalue weighted by atomic mass is 16.6. The molecule has 0 aromatic heterocycles. The zero-order valence-corrected chi connectivity index (χ0v) is 42.5. The second-order valence-electron chi connectivity index (χ2n) is 20.2. The van der Waals surface area contributed by atoms with E-state index in [-0.39, 0.29) is 30.0 Å². The van der Waals surface area contributed by atoms with Crippen LogP contribution in [0.1, 0.15) is 143 Å². The number of hydrogen-bond donors (Lipinski definition) is 1. The van der Waals surface area contributed by atoms with E-state index in [0.29, 0.717) is 49.4 Å². The van der Waals surface area contributed by atoms with Gasteiger partial charge in [-0.25, -0.2) is 19.2 Å². The minimum absolute atomic E-state index is 0.162. The fourth-order valence-corrected chi connectivity index (χ4v) is 9.08. The predicted octanol–water partition coefficient (Wildman–Crippen LogP) is 9.09. The summed E-state index contributed by atoms with van der Waals surface area (Å²) >= 11 is 0. The van der Waals surface area contributed by atoms with Crippen LogP contribution >= 0.6 is 0 Å². The van der Waals surface area contributed by atoms with E-state index in [0.717, 1.165) is 118 Å². The number of benzene rings is 2. The van der Waals surface area contributed by atoms with Gasteiger partial charge in [-0.2, -0.15) is 0 Å². The van der Waals surface area contributed by atoms with Crippen LogP contribution < -0.4 is 9.80 Å². The second-order valence-corrected chi connectivity index (χ2v) is 20.2. The lowest BCUT2D eigenvalue weighted by Crippen LogP contribution is -2.41. The van der Waals surface area contributed by atoms with Crippen molar-refractivity contribution in [3.05, 3.63) is 57.6 Å². The first-order valence-electron chi connectivity index (χ1n) is 24.4. The van der Waals surface area contributed by atoms with Crippen molar-refractivity contribution in [3.63, 3.8) is 0 Å². The van der Waals surface area contributed by atoms with Gasteiger partial charge in [0.05, 0.1) is 18.2 Å². The van der Waals surface area contributed by atoms with Crippen molar-refractivity contribution in [3.8, 4) is 23.7 Å². The Morgan fingerprint density at radius 1 is 0.662 bits per heavy atom. The zero-order chi connectivity index (χ0) is 49.8. The molecule has 68 heavy (non-hydrogen) atoms. The molecule has 2 aromatic carbocycles. The number of carbonyl (C=O) groups is 4. The molecule has 14 nitrogen and oxygen atoms in total. The Labute approximate surface area is 405 Å². The van der Waals surface area contributed by atoms with Gasteiger partial charge in [-0.15, -0.1) is 0 Å². The molecule has 372 valence electrons. The maximum absolute atomic E-state index is 12.5. The van der Waals surface area contributed by atoms with Crippen LogP contribution in [0, 0.1) is 49.4 Å². The van der Waals surface area contributed by atoms with E-state index < -0.39 is 17.2 Å². The normalized spacial score (nSPS) is 17.6. The number of carbonyl (C=O) groups excluding carboxylic acids is 3. The van der Waals surface area contributed by atoms with Crippen LogP contribution in [0.5, 0.6) is 0 Å². The van der Waals surface area contributed by atoms with Crippen LogP contribution in [-0.4, -0.2) is 136 Å². The number of methoxy groups -OCH3 is 1. The fourth-order valence-electron chi connectivity index (χ4n) is 9.08. The van der Waals surface area contributed by atoms with Crippen molar-refractivity contribution in [1.82, 2.24) is 9.80 Å². The monoisotopic (exact) mass is 941 g/mol. The summed E-state index contributed by atoms with van der Waals surface area (Å²) in [5.74, 6) is 12.3. The molecule has 0 bridgehead atoms. The third-order valence-electron chi connectivity index (χ3n) is 12.9. The highest BCUT2D eigenvalue weighted by molar-refractivity contribution is 5.94. The predicted molar refractivity (Wildman–Crippen MR) is 265 cm³/mol. The van der Waals surface area contributed by atoms with Gasteiger partial charge in [-0.1, -0.05) is 23.7 Å². The SMILES string of the molecule is CCN(c1cc(C#CC2CCN(C(=O)OC(C)(C)C)CC2)cc(C(=O)O)c1C)C1CCOCC1.COC(=O)c1cc(C#CC2CCN(C(=O)OC(C)(C)C)CC2)cc(N(C)C2CCOCC2)c1C. The number of aromatic carboxylic acids is 1. The van der Waals surface area contributed by atoms with Crippen molar-refractivity contribution >= 4 is 35.5 Å². The van der Waals surface area contributed by atoms with Crippen molar-refractivity contribution in [1.29, 1.82) is 0 Å². The molecule has 0 radical (unpaired) electrons. The Hall–Kier alpha value is -5.44. The largest absolute Gasteiger partial charge is 0.478 e. The molecule has 0 saturated carbocycles. The van der Waals surface area contributed by atoms with E-state index in [1.54, 1.807) is 15.9 Å². The summed E-state index contributed by atoms with van der Waals surface area (Å²) in [4.78, 5) is 57.1. The van der Waals surface area contributed by atoms with Gasteiger partial charge < -0.3 is 48.4 Å². The lowest BCUT2D eigenvalue weighted by molar-refractivity contribution is 0.0189. The average Bonchev–Trinajstić information content (AvgIpc) is 3.31. The molecule has 2 aromatic rings. The molecule has 0 spiro atoms. The number of amides is 2. The number of ether oxygens (including phenoxy) is 5. The number of esters is 1. The van der Waals surface area contributed by atoms with E-state index in [9.17, 15) is 24.3 Å². The summed E-state index contributed by atoms with van der Waals surface area (Å²) in [6.45, 7) is 23.4. The molecular weight excluding hydrogens is 865 g/mol. The van der Waals surface area contributed by atoms with E-state index in [1.165, 1.54) is 7.11 Å². The first kappa shape index (κ1) is 53.5. The molecule has 4 saturated heterocycles. The van der Waals surface area contributed by atoms with Crippen molar-refractivity contribution in [2.45, 2.75) is 137 Å². The summed E-state index contributed by atoms with van der Waals surface area (Å²) in [5, 5.41) is 9.82. The fraction of sp³-hybridized carbons (Fsp3) is 0.630. The Balaban J connectivity index is 0.000000254. The first-order valence-corrected chi connectivity index (χ1v) is 24.4. The molecule has 0 atom stereocenters. The van der Waals surface area contributed by atoms with E-state index >= 15 is 0 Å². The summed E-state index contributed by atoms with van der Waals surface area (Å²) in [6.07, 6.45) is 6.39. The molecule has 6 rings (SSSR count). The van der Waals surface area contributed by atoms with E-state index in [1.807, 2.05) is 67.5 Å². The van der Waals surface area contributed by atoms with Gasteiger partial charge in [0.15, 0.2) is 0 Å². The topological polar surface area (TPSA) is 148 Å². The molecule has 4 heterocycles. The number of anilines is 2. The van der Waals surface area contributed by atoms with Gasteiger partial charge >= 0.3 is 24.1 Å². The van der Waals surface area contributed by atoms with Crippen LogP contribution in [0.2, 0.25) is 0 Å². The molecule has 1 N–H and O–H groups in total. The lowest BCUT2D eigenvalue weighted by atomic mass is 9.96. The summed E-state index contributed by atoms with van der Waals surface area (Å²) in [7, 11) is 3.48. The number of piperidine rings is 2. The number of likely N-dealkylation sites (tertiary alicyclic amines) is 2. The molecule has 0 unspecified atom stereocenters. The number of hydrogen-bond acceptors (Lipinski definition) is 11. The number of nitrogens with zero attached hydrogens (tertiary/aromatic N) is 4. The van der Waals surface area contributed by atoms with Crippen LogP contribution in [0.15, 0.2) is 24.3 Å². The standard InChI is InChI=1S/2C27H38N2O5/c1-19-23(25(30)32-6)17-21(18-24(19)28(5)22-11-15-33-16-12-22)8-7-20-9-13-29(14-10-20)26(31)34-27(2,3)4;1-6-29(22-11-15-33-16-12-22)24-18-21(17-23(19(24)2)25(30)31)8-7-20-9-13-28(14-10-20)26(32)34-27(3,4)5/h17-18,20,22H,9-16H2,1-6H3;17-18,20,22H,6,9-16H2,1-5H3,(H,30,31).